The van der Waals surface area contributed by atoms with Crippen LogP contribution in [0.3, 0.4) is 0 Å². The SMILES string of the molecule is CC1CCN(CC(=O)NN)C1=O. The molecule has 5 nitrogen and oxygen atoms in total. The van der Waals surface area contributed by atoms with Gasteiger partial charge >= 0.3 is 0 Å². The molecule has 1 unspecified atom stereocenters. The van der Waals surface area contributed by atoms with Crippen LogP contribution in [0.15, 0.2) is 0 Å². The number of hydrogen-bond donors (Lipinski definition) is 2. The zero-order valence-electron chi connectivity index (χ0n) is 7.04. The molecule has 0 saturated carbocycles. The summed E-state index contributed by atoms with van der Waals surface area (Å²) < 4.78 is 0. The first-order valence-electron chi connectivity index (χ1n) is 3.93. The third-order valence-electron chi connectivity index (χ3n) is 2.06. The lowest BCUT2D eigenvalue weighted by Gasteiger charge is -2.13. The van der Waals surface area contributed by atoms with E-state index in [4.69, 9.17) is 5.84 Å². The molecule has 1 aliphatic rings. The summed E-state index contributed by atoms with van der Waals surface area (Å²) in [6.07, 6.45) is 0.830. The highest BCUT2D eigenvalue weighted by molar-refractivity contribution is 5.86. The van der Waals surface area contributed by atoms with Gasteiger partial charge in [-0.1, -0.05) is 6.92 Å². The molecule has 0 aromatic heterocycles. The summed E-state index contributed by atoms with van der Waals surface area (Å²) in [5.41, 5.74) is 1.99. The van der Waals surface area contributed by atoms with Crippen molar-refractivity contribution in [3.63, 3.8) is 0 Å². The number of nitrogens with one attached hydrogen (secondary N) is 1. The molecule has 12 heavy (non-hydrogen) atoms. The van der Waals surface area contributed by atoms with Crippen LogP contribution < -0.4 is 11.3 Å². The summed E-state index contributed by atoms with van der Waals surface area (Å²) in [6.45, 7) is 2.61. The number of carbonyl (C=O) groups is 2. The van der Waals surface area contributed by atoms with Crippen molar-refractivity contribution in [2.45, 2.75) is 13.3 Å². The molecule has 1 fully saturated rings. The molecule has 3 N–H and O–H groups in total. The monoisotopic (exact) mass is 171 g/mol. The normalized spacial score (nSPS) is 23.0. The maximum atomic E-state index is 11.3. The largest absolute Gasteiger partial charge is 0.333 e. The third-order valence-corrected chi connectivity index (χ3v) is 2.06. The average molecular weight is 171 g/mol. The Kier molecular flexibility index (Phi) is 2.65. The highest BCUT2D eigenvalue weighted by Crippen LogP contribution is 2.15. The van der Waals surface area contributed by atoms with Crippen molar-refractivity contribution in [2.24, 2.45) is 11.8 Å². The molecule has 0 aromatic carbocycles. The second-order valence-corrected chi connectivity index (χ2v) is 3.02. The molecule has 0 bridgehead atoms. The molecule has 1 aliphatic heterocycles. The van der Waals surface area contributed by atoms with Crippen LogP contribution in [0.4, 0.5) is 0 Å². The van der Waals surface area contributed by atoms with Gasteiger partial charge in [-0.15, -0.1) is 0 Å². The Bertz CT molecular complexity index is 205. The lowest BCUT2D eigenvalue weighted by atomic mass is 10.1. The molecule has 1 rings (SSSR count). The molecule has 1 atom stereocenters. The van der Waals surface area contributed by atoms with E-state index in [1.54, 1.807) is 0 Å². The summed E-state index contributed by atoms with van der Waals surface area (Å²) in [6, 6.07) is 0. The molecular formula is C7H13N3O2. The summed E-state index contributed by atoms with van der Waals surface area (Å²) in [4.78, 5) is 23.6. The van der Waals surface area contributed by atoms with E-state index in [1.807, 2.05) is 12.3 Å². The first kappa shape index (κ1) is 8.99. The maximum Gasteiger partial charge on any atom is 0.253 e. The Balaban J connectivity index is 2.44. The topological polar surface area (TPSA) is 75.4 Å². The van der Waals surface area contributed by atoms with Crippen LogP contribution in [0.5, 0.6) is 0 Å². The molecule has 0 spiro atoms. The van der Waals surface area contributed by atoms with Crippen molar-refractivity contribution in [1.29, 1.82) is 0 Å². The zero-order valence-corrected chi connectivity index (χ0v) is 7.04. The van der Waals surface area contributed by atoms with Crippen molar-refractivity contribution in [3.05, 3.63) is 0 Å². The van der Waals surface area contributed by atoms with Gasteiger partial charge in [-0.05, 0) is 6.42 Å². The van der Waals surface area contributed by atoms with E-state index in [0.29, 0.717) is 6.54 Å². The number of amides is 2. The maximum absolute atomic E-state index is 11.3. The molecule has 0 aliphatic carbocycles. The molecule has 1 saturated heterocycles. The van der Waals surface area contributed by atoms with Gasteiger partial charge in [-0.3, -0.25) is 15.0 Å². The van der Waals surface area contributed by atoms with Crippen molar-refractivity contribution < 1.29 is 9.59 Å². The predicted octanol–water partition coefficient (Wildman–Crippen LogP) is -1.16. The van der Waals surface area contributed by atoms with Crippen LogP contribution in [0.2, 0.25) is 0 Å². The van der Waals surface area contributed by atoms with Crippen LogP contribution in [0.1, 0.15) is 13.3 Å². The molecule has 2 amide bonds. The van der Waals surface area contributed by atoms with Gasteiger partial charge < -0.3 is 4.90 Å². The Hall–Kier alpha value is -1.10. The van der Waals surface area contributed by atoms with E-state index in [1.165, 1.54) is 4.90 Å². The van der Waals surface area contributed by atoms with Gasteiger partial charge in [0.05, 0.1) is 0 Å². The summed E-state index contributed by atoms with van der Waals surface area (Å²) >= 11 is 0. The van der Waals surface area contributed by atoms with Crippen molar-refractivity contribution in [1.82, 2.24) is 10.3 Å². The number of hydrogen-bond acceptors (Lipinski definition) is 3. The van der Waals surface area contributed by atoms with Crippen LogP contribution >= 0.6 is 0 Å². The Labute approximate surface area is 70.9 Å². The van der Waals surface area contributed by atoms with E-state index in [2.05, 4.69) is 0 Å². The lowest BCUT2D eigenvalue weighted by Crippen LogP contribution is -2.41. The van der Waals surface area contributed by atoms with E-state index in [-0.39, 0.29) is 24.3 Å². The van der Waals surface area contributed by atoms with E-state index >= 15 is 0 Å². The zero-order chi connectivity index (χ0) is 9.14. The Morgan fingerprint density at radius 1 is 1.83 bits per heavy atom. The number of hydrazine groups is 1. The molecule has 68 valence electrons. The number of nitrogens with zero attached hydrogens (tertiary/aromatic N) is 1. The minimum absolute atomic E-state index is 0.0404. The smallest absolute Gasteiger partial charge is 0.253 e. The van der Waals surface area contributed by atoms with Gasteiger partial charge in [-0.2, -0.15) is 0 Å². The summed E-state index contributed by atoms with van der Waals surface area (Å²) in [5, 5.41) is 0. The fourth-order valence-corrected chi connectivity index (χ4v) is 1.27. The quantitative estimate of drug-likeness (QED) is 0.313. The molecule has 1 heterocycles. The minimum Gasteiger partial charge on any atom is -0.333 e. The van der Waals surface area contributed by atoms with Crippen LogP contribution in [0.25, 0.3) is 0 Å². The van der Waals surface area contributed by atoms with Crippen LogP contribution in [0, 0.1) is 5.92 Å². The fourth-order valence-electron chi connectivity index (χ4n) is 1.27. The van der Waals surface area contributed by atoms with Crippen molar-refractivity contribution in [3.8, 4) is 0 Å². The van der Waals surface area contributed by atoms with Gasteiger partial charge in [0, 0.05) is 12.5 Å². The molecular weight excluding hydrogens is 158 g/mol. The third kappa shape index (κ3) is 1.73. The van der Waals surface area contributed by atoms with Gasteiger partial charge in [-0.25, -0.2) is 5.84 Å². The number of carbonyl (C=O) groups excluding carboxylic acids is 2. The second-order valence-electron chi connectivity index (χ2n) is 3.02. The molecule has 0 radical (unpaired) electrons. The fraction of sp³-hybridized carbons (Fsp3) is 0.714. The van der Waals surface area contributed by atoms with E-state index in [0.717, 1.165) is 6.42 Å². The number of rotatable bonds is 2. The van der Waals surface area contributed by atoms with Crippen molar-refractivity contribution in [2.75, 3.05) is 13.1 Å². The average Bonchev–Trinajstić information content (AvgIpc) is 2.36. The Morgan fingerprint density at radius 2 is 2.50 bits per heavy atom. The van der Waals surface area contributed by atoms with E-state index < -0.39 is 0 Å². The van der Waals surface area contributed by atoms with Gasteiger partial charge in [0.2, 0.25) is 5.91 Å². The van der Waals surface area contributed by atoms with Gasteiger partial charge in [0.15, 0.2) is 0 Å². The first-order valence-corrected chi connectivity index (χ1v) is 3.93. The summed E-state index contributed by atoms with van der Waals surface area (Å²) in [5.74, 6) is 4.66. The van der Waals surface area contributed by atoms with Gasteiger partial charge in [0.25, 0.3) is 5.91 Å². The highest BCUT2D eigenvalue weighted by Gasteiger charge is 2.28. The Morgan fingerprint density at radius 3 is 2.92 bits per heavy atom. The van der Waals surface area contributed by atoms with E-state index in [9.17, 15) is 9.59 Å². The van der Waals surface area contributed by atoms with Crippen molar-refractivity contribution >= 4 is 11.8 Å². The lowest BCUT2D eigenvalue weighted by molar-refractivity contribution is -0.135. The number of nitrogens with two attached hydrogens (primary N) is 1. The first-order chi connectivity index (χ1) is 5.65. The predicted molar refractivity (Wildman–Crippen MR) is 42.7 cm³/mol. The summed E-state index contributed by atoms with van der Waals surface area (Å²) in [7, 11) is 0. The standard InChI is InChI=1S/C7H13N3O2/c1-5-2-3-10(7(5)12)4-6(11)9-8/h5H,2-4,8H2,1H3,(H,9,11). The van der Waals surface area contributed by atoms with Crippen LogP contribution in [-0.4, -0.2) is 29.8 Å². The van der Waals surface area contributed by atoms with Crippen LogP contribution in [-0.2, 0) is 9.59 Å². The second kappa shape index (κ2) is 3.53. The highest BCUT2D eigenvalue weighted by atomic mass is 16.2. The number of likely N-dealkylation sites (tertiary alicyclic amines) is 1. The molecule has 5 heteroatoms. The van der Waals surface area contributed by atoms with Gasteiger partial charge in [0.1, 0.15) is 6.54 Å². The molecule has 0 aromatic rings. The minimum atomic E-state index is -0.322.